The Balaban J connectivity index is 1.57. The molecule has 2 fully saturated rings. The summed E-state index contributed by atoms with van der Waals surface area (Å²) in [7, 11) is 0. The Hall–Kier alpha value is -1.46. The van der Waals surface area contributed by atoms with E-state index in [1.807, 2.05) is 0 Å². The Morgan fingerprint density at radius 2 is 1.73 bits per heavy atom. The monoisotopic (exact) mass is 366 g/mol. The summed E-state index contributed by atoms with van der Waals surface area (Å²) in [6, 6.07) is 2.91. The van der Waals surface area contributed by atoms with Crippen LogP contribution in [0.4, 0.5) is 8.78 Å². The van der Waals surface area contributed by atoms with Crippen LogP contribution >= 0.6 is 0 Å². The molecule has 0 amide bonds. The highest BCUT2D eigenvalue weighted by Gasteiger charge is 2.33. The molecule has 3 rings (SSSR count). The second-order valence-corrected chi connectivity index (χ2v) is 7.17. The van der Waals surface area contributed by atoms with E-state index in [0.717, 1.165) is 0 Å². The van der Waals surface area contributed by atoms with Crippen LogP contribution in [0, 0.1) is 29.4 Å². The summed E-state index contributed by atoms with van der Waals surface area (Å²) >= 11 is 0. The number of benzene rings is 1. The Morgan fingerprint density at radius 1 is 1.04 bits per heavy atom. The van der Waals surface area contributed by atoms with Crippen LogP contribution in [-0.4, -0.2) is 19.8 Å². The molecule has 0 aromatic heterocycles. The van der Waals surface area contributed by atoms with Crippen LogP contribution in [0.1, 0.15) is 51.4 Å². The summed E-state index contributed by atoms with van der Waals surface area (Å²) in [6.07, 6.45) is 8.32. The van der Waals surface area contributed by atoms with Crippen molar-refractivity contribution in [3.05, 3.63) is 41.5 Å². The zero-order valence-corrected chi connectivity index (χ0v) is 15.5. The molecule has 5 heteroatoms. The van der Waals surface area contributed by atoms with Gasteiger partial charge in [0.15, 0.2) is 17.9 Å². The zero-order valence-electron chi connectivity index (χ0n) is 15.5. The standard InChI is InChI=1S/C21H28F2O3/c1-3-5-14-6-8-15(9-7-14)16-12-25-21(26-13-16)17-10-11-18(24-4-2)20(23)19(17)22/h3,5,10-11,14-16,21H,4,6-9,12-13H2,1-2H3/b5-3+. The van der Waals surface area contributed by atoms with Gasteiger partial charge in [-0.2, -0.15) is 4.39 Å². The predicted molar refractivity (Wildman–Crippen MR) is 95.9 cm³/mol. The second-order valence-electron chi connectivity index (χ2n) is 7.17. The van der Waals surface area contributed by atoms with Gasteiger partial charge in [0.25, 0.3) is 0 Å². The number of halogens is 2. The second kappa shape index (κ2) is 8.96. The van der Waals surface area contributed by atoms with Crippen LogP contribution in [-0.2, 0) is 9.47 Å². The van der Waals surface area contributed by atoms with E-state index >= 15 is 0 Å². The molecule has 0 radical (unpaired) electrons. The fourth-order valence-corrected chi connectivity index (χ4v) is 4.05. The van der Waals surface area contributed by atoms with Crippen LogP contribution in [0.5, 0.6) is 5.75 Å². The van der Waals surface area contributed by atoms with Gasteiger partial charge in [0.1, 0.15) is 0 Å². The Labute approximate surface area is 154 Å². The zero-order chi connectivity index (χ0) is 18.5. The number of rotatable bonds is 5. The Bertz CT molecular complexity index is 616. The van der Waals surface area contributed by atoms with E-state index in [1.165, 1.54) is 37.8 Å². The first-order valence-corrected chi connectivity index (χ1v) is 9.60. The molecule has 0 bridgehead atoms. The lowest BCUT2D eigenvalue weighted by Gasteiger charge is -2.37. The van der Waals surface area contributed by atoms with E-state index in [9.17, 15) is 8.78 Å². The van der Waals surface area contributed by atoms with Gasteiger partial charge in [0.2, 0.25) is 5.82 Å². The molecule has 0 N–H and O–H groups in total. The molecular weight excluding hydrogens is 338 g/mol. The number of ether oxygens (including phenoxy) is 3. The summed E-state index contributed by atoms with van der Waals surface area (Å²) < 4.78 is 45.0. The van der Waals surface area contributed by atoms with Crippen molar-refractivity contribution < 1.29 is 23.0 Å². The smallest absolute Gasteiger partial charge is 0.201 e. The normalized spacial score (nSPS) is 29.8. The summed E-state index contributed by atoms with van der Waals surface area (Å²) in [6.45, 7) is 5.13. The molecule has 0 unspecified atom stereocenters. The number of hydrogen-bond donors (Lipinski definition) is 0. The van der Waals surface area contributed by atoms with Crippen molar-refractivity contribution in [2.45, 2.75) is 45.8 Å². The van der Waals surface area contributed by atoms with E-state index < -0.39 is 17.9 Å². The molecule has 1 aliphatic heterocycles. The fraction of sp³-hybridized carbons (Fsp3) is 0.619. The molecule has 144 valence electrons. The van der Waals surface area contributed by atoms with E-state index in [0.29, 0.717) is 31.0 Å². The highest BCUT2D eigenvalue weighted by atomic mass is 19.2. The molecule has 2 aliphatic rings. The van der Waals surface area contributed by atoms with Gasteiger partial charge >= 0.3 is 0 Å². The van der Waals surface area contributed by atoms with Crippen LogP contribution < -0.4 is 4.74 Å². The van der Waals surface area contributed by atoms with Gasteiger partial charge in [0.05, 0.1) is 19.8 Å². The SMILES string of the molecule is C/C=C/C1CCC(C2COC(c3ccc(OCC)c(F)c3F)OC2)CC1. The number of hydrogen-bond acceptors (Lipinski definition) is 3. The molecule has 1 aromatic rings. The van der Waals surface area contributed by atoms with Crippen molar-refractivity contribution in [3.63, 3.8) is 0 Å². The molecular formula is C21H28F2O3. The minimum Gasteiger partial charge on any atom is -0.491 e. The summed E-state index contributed by atoms with van der Waals surface area (Å²) in [5.74, 6) is -0.421. The van der Waals surface area contributed by atoms with E-state index in [1.54, 1.807) is 6.92 Å². The summed E-state index contributed by atoms with van der Waals surface area (Å²) in [4.78, 5) is 0. The first-order valence-electron chi connectivity index (χ1n) is 9.60. The maximum atomic E-state index is 14.3. The lowest BCUT2D eigenvalue weighted by molar-refractivity contribution is -0.215. The molecule has 1 saturated carbocycles. The first-order chi connectivity index (χ1) is 12.6. The van der Waals surface area contributed by atoms with Gasteiger partial charge in [-0.1, -0.05) is 12.2 Å². The maximum absolute atomic E-state index is 14.3. The summed E-state index contributed by atoms with van der Waals surface area (Å²) in [5.41, 5.74) is 0.0983. The van der Waals surface area contributed by atoms with E-state index in [4.69, 9.17) is 14.2 Å². The molecule has 0 atom stereocenters. The lowest BCUT2D eigenvalue weighted by atomic mass is 9.76. The van der Waals surface area contributed by atoms with Crippen molar-refractivity contribution in [1.82, 2.24) is 0 Å². The predicted octanol–water partition coefficient (Wildman–Crippen LogP) is 5.41. The minimum atomic E-state index is -0.985. The van der Waals surface area contributed by atoms with Crippen LogP contribution in [0.15, 0.2) is 24.3 Å². The third-order valence-corrected chi connectivity index (χ3v) is 5.50. The van der Waals surface area contributed by atoms with Gasteiger partial charge in [-0.15, -0.1) is 0 Å². The molecule has 3 nitrogen and oxygen atoms in total. The van der Waals surface area contributed by atoms with Crippen LogP contribution in [0.2, 0.25) is 0 Å². The maximum Gasteiger partial charge on any atom is 0.201 e. The number of allylic oxidation sites excluding steroid dienone is 2. The van der Waals surface area contributed by atoms with Crippen molar-refractivity contribution in [3.8, 4) is 5.75 Å². The van der Waals surface area contributed by atoms with E-state index in [-0.39, 0.29) is 17.9 Å². The van der Waals surface area contributed by atoms with Crippen molar-refractivity contribution in [2.75, 3.05) is 19.8 Å². The average Bonchev–Trinajstić information content (AvgIpc) is 2.67. The van der Waals surface area contributed by atoms with Crippen molar-refractivity contribution in [2.24, 2.45) is 17.8 Å². The molecule has 1 aromatic carbocycles. The van der Waals surface area contributed by atoms with Crippen LogP contribution in [0.25, 0.3) is 0 Å². The fourth-order valence-electron chi connectivity index (χ4n) is 4.05. The third kappa shape index (κ3) is 4.26. The average molecular weight is 366 g/mol. The molecule has 0 spiro atoms. The van der Waals surface area contributed by atoms with Gasteiger partial charge in [-0.05, 0) is 63.5 Å². The van der Waals surface area contributed by atoms with E-state index in [2.05, 4.69) is 19.1 Å². The summed E-state index contributed by atoms with van der Waals surface area (Å²) in [5, 5.41) is 0. The highest BCUT2D eigenvalue weighted by molar-refractivity contribution is 5.31. The third-order valence-electron chi connectivity index (χ3n) is 5.50. The Morgan fingerprint density at radius 3 is 2.35 bits per heavy atom. The molecule has 1 saturated heterocycles. The van der Waals surface area contributed by atoms with Gasteiger partial charge in [-0.3, -0.25) is 0 Å². The first kappa shape index (κ1) is 19.3. The van der Waals surface area contributed by atoms with Crippen LogP contribution in [0.3, 0.4) is 0 Å². The lowest BCUT2D eigenvalue weighted by Crippen LogP contribution is -2.34. The molecule has 1 heterocycles. The van der Waals surface area contributed by atoms with Gasteiger partial charge in [0, 0.05) is 11.5 Å². The highest BCUT2D eigenvalue weighted by Crippen LogP contribution is 2.38. The van der Waals surface area contributed by atoms with Crippen molar-refractivity contribution >= 4 is 0 Å². The topological polar surface area (TPSA) is 27.7 Å². The molecule has 1 aliphatic carbocycles. The van der Waals surface area contributed by atoms with Gasteiger partial charge in [-0.25, -0.2) is 4.39 Å². The Kier molecular flexibility index (Phi) is 6.65. The quantitative estimate of drug-likeness (QED) is 0.652. The minimum absolute atomic E-state index is 0.0830. The largest absolute Gasteiger partial charge is 0.491 e. The van der Waals surface area contributed by atoms with Gasteiger partial charge < -0.3 is 14.2 Å². The molecule has 26 heavy (non-hydrogen) atoms. The van der Waals surface area contributed by atoms with Crippen molar-refractivity contribution in [1.29, 1.82) is 0 Å².